The van der Waals surface area contributed by atoms with E-state index in [9.17, 15) is 4.79 Å². The maximum atomic E-state index is 12.6. The van der Waals surface area contributed by atoms with E-state index in [4.69, 9.17) is 5.26 Å². The first-order valence-corrected chi connectivity index (χ1v) is 11.2. The fourth-order valence-corrected chi connectivity index (χ4v) is 4.46. The molecule has 0 spiro atoms. The van der Waals surface area contributed by atoms with Crippen LogP contribution in [-0.4, -0.2) is 72.5 Å². The summed E-state index contributed by atoms with van der Waals surface area (Å²) in [7, 11) is 0. The lowest BCUT2D eigenvalue weighted by Gasteiger charge is -2.34. The molecule has 2 aliphatic rings. The van der Waals surface area contributed by atoms with Gasteiger partial charge in [0.05, 0.1) is 18.2 Å². The summed E-state index contributed by atoms with van der Waals surface area (Å²) in [6, 6.07) is 20.7. The molecule has 1 amide bonds. The number of carbonyl (C=O) groups is 1. The molecule has 0 unspecified atom stereocenters. The summed E-state index contributed by atoms with van der Waals surface area (Å²) < 4.78 is 0. The van der Waals surface area contributed by atoms with Gasteiger partial charge >= 0.3 is 0 Å². The number of piperazine rings is 1. The highest BCUT2D eigenvalue weighted by Gasteiger charge is 2.25. The highest BCUT2D eigenvalue weighted by atomic mass is 16.2. The molecule has 2 aromatic carbocycles. The van der Waals surface area contributed by atoms with E-state index < -0.39 is 0 Å². The van der Waals surface area contributed by atoms with Gasteiger partial charge < -0.3 is 5.32 Å². The number of likely N-dealkylation sites (tertiary alicyclic amines) is 1. The second-order valence-corrected chi connectivity index (χ2v) is 8.63. The third-order valence-corrected chi connectivity index (χ3v) is 6.21. The van der Waals surface area contributed by atoms with E-state index in [0.717, 1.165) is 58.8 Å². The molecule has 1 atom stereocenters. The average Bonchev–Trinajstić information content (AvgIpc) is 3.22. The summed E-state index contributed by atoms with van der Waals surface area (Å²) in [5.41, 5.74) is 3.25. The van der Waals surface area contributed by atoms with Crippen molar-refractivity contribution in [1.82, 2.24) is 20.0 Å². The van der Waals surface area contributed by atoms with Gasteiger partial charge in [-0.05, 0) is 29.7 Å². The molecular weight excluding hydrogens is 386 g/mol. The normalized spacial score (nSPS) is 20.4. The zero-order valence-corrected chi connectivity index (χ0v) is 18.0. The molecule has 2 fully saturated rings. The lowest BCUT2D eigenvalue weighted by Crippen LogP contribution is -2.50. The Hall–Kier alpha value is -2.72. The van der Waals surface area contributed by atoms with Gasteiger partial charge in [-0.3, -0.25) is 19.5 Å². The van der Waals surface area contributed by atoms with Crippen LogP contribution in [0.4, 0.5) is 0 Å². The van der Waals surface area contributed by atoms with Crippen molar-refractivity contribution in [3.05, 3.63) is 71.3 Å². The summed E-state index contributed by atoms with van der Waals surface area (Å²) in [5.74, 6) is 0.145. The van der Waals surface area contributed by atoms with Gasteiger partial charge in [-0.2, -0.15) is 5.26 Å². The van der Waals surface area contributed by atoms with Crippen molar-refractivity contribution in [2.24, 2.45) is 0 Å². The molecule has 0 radical (unpaired) electrons. The Morgan fingerprint density at radius 1 is 0.871 bits per heavy atom. The Morgan fingerprint density at radius 2 is 1.52 bits per heavy atom. The van der Waals surface area contributed by atoms with Crippen molar-refractivity contribution >= 4 is 5.91 Å². The maximum Gasteiger partial charge on any atom is 0.234 e. The van der Waals surface area contributed by atoms with E-state index in [1.807, 2.05) is 30.3 Å². The fraction of sp³-hybridized carbons (Fsp3) is 0.440. The van der Waals surface area contributed by atoms with Crippen LogP contribution in [0, 0.1) is 11.3 Å². The third kappa shape index (κ3) is 6.38. The van der Waals surface area contributed by atoms with Crippen LogP contribution in [0.15, 0.2) is 54.6 Å². The first-order valence-electron chi connectivity index (χ1n) is 11.2. The Labute approximate surface area is 185 Å². The number of carbonyl (C=O) groups excluding carboxylic acids is 1. The SMILES string of the molecule is N#Cc1ccc(CN2CCN(CC(=O)N[C@@H]3CCN(Cc4ccccc4)C3)CC2)cc1. The Kier molecular flexibility index (Phi) is 7.31. The first kappa shape index (κ1) is 21.5. The molecular formula is C25H31N5O. The number of nitrogens with one attached hydrogen (secondary N) is 1. The van der Waals surface area contributed by atoms with Crippen molar-refractivity contribution in [1.29, 1.82) is 5.26 Å². The minimum Gasteiger partial charge on any atom is -0.351 e. The molecule has 2 aliphatic heterocycles. The van der Waals surface area contributed by atoms with E-state index in [1.165, 1.54) is 11.1 Å². The van der Waals surface area contributed by atoms with Gasteiger partial charge in [0.25, 0.3) is 0 Å². The first-order chi connectivity index (χ1) is 15.2. The second-order valence-electron chi connectivity index (χ2n) is 8.63. The lowest BCUT2D eigenvalue weighted by molar-refractivity contribution is -0.123. The van der Waals surface area contributed by atoms with Crippen LogP contribution in [0.25, 0.3) is 0 Å². The molecule has 0 aliphatic carbocycles. The van der Waals surface area contributed by atoms with Crippen LogP contribution in [0.2, 0.25) is 0 Å². The standard InChI is InChI=1S/C25H31N5O/c26-16-21-6-8-23(9-7-21)17-28-12-14-29(15-13-28)20-25(31)27-24-10-11-30(19-24)18-22-4-2-1-3-5-22/h1-9,24H,10-15,17-20H2,(H,27,31)/t24-/m1/s1. The number of amides is 1. The smallest absolute Gasteiger partial charge is 0.234 e. The summed E-state index contributed by atoms with van der Waals surface area (Å²) in [4.78, 5) is 19.6. The minimum absolute atomic E-state index is 0.145. The largest absolute Gasteiger partial charge is 0.351 e. The molecule has 0 saturated carbocycles. The molecule has 1 N–H and O–H groups in total. The molecule has 4 rings (SSSR count). The number of hydrogen-bond acceptors (Lipinski definition) is 5. The molecule has 162 valence electrons. The quantitative estimate of drug-likeness (QED) is 0.747. The van der Waals surface area contributed by atoms with Crippen LogP contribution >= 0.6 is 0 Å². The zero-order valence-electron chi connectivity index (χ0n) is 18.0. The Bertz CT molecular complexity index is 884. The molecule has 0 aromatic heterocycles. The highest BCUT2D eigenvalue weighted by molar-refractivity contribution is 5.78. The van der Waals surface area contributed by atoms with Crippen LogP contribution in [0.1, 0.15) is 23.1 Å². The van der Waals surface area contributed by atoms with Gasteiger partial charge in [0.1, 0.15) is 0 Å². The van der Waals surface area contributed by atoms with Gasteiger partial charge in [-0.1, -0.05) is 42.5 Å². The zero-order chi connectivity index (χ0) is 21.5. The van der Waals surface area contributed by atoms with Gasteiger partial charge in [-0.15, -0.1) is 0 Å². The van der Waals surface area contributed by atoms with Crippen molar-refractivity contribution in [3.63, 3.8) is 0 Å². The monoisotopic (exact) mass is 417 g/mol. The van der Waals surface area contributed by atoms with E-state index in [-0.39, 0.29) is 11.9 Å². The van der Waals surface area contributed by atoms with E-state index in [0.29, 0.717) is 12.1 Å². The number of nitriles is 1. The van der Waals surface area contributed by atoms with Crippen molar-refractivity contribution in [2.75, 3.05) is 45.8 Å². The molecule has 6 nitrogen and oxygen atoms in total. The number of rotatable bonds is 7. The lowest BCUT2D eigenvalue weighted by atomic mass is 10.1. The fourth-order valence-electron chi connectivity index (χ4n) is 4.46. The van der Waals surface area contributed by atoms with Crippen molar-refractivity contribution < 1.29 is 4.79 Å². The van der Waals surface area contributed by atoms with Crippen LogP contribution in [0.3, 0.4) is 0 Å². The number of hydrogen-bond donors (Lipinski definition) is 1. The predicted octanol–water partition coefficient (Wildman–Crippen LogP) is 2.07. The highest BCUT2D eigenvalue weighted by Crippen LogP contribution is 2.14. The topological polar surface area (TPSA) is 62.6 Å². The van der Waals surface area contributed by atoms with Gasteiger partial charge in [0.15, 0.2) is 0 Å². The number of nitrogens with zero attached hydrogens (tertiary/aromatic N) is 4. The molecule has 2 saturated heterocycles. The summed E-state index contributed by atoms with van der Waals surface area (Å²) in [6.07, 6.45) is 1.02. The number of benzene rings is 2. The average molecular weight is 418 g/mol. The van der Waals surface area contributed by atoms with Gasteiger partial charge in [0, 0.05) is 58.4 Å². The molecule has 2 heterocycles. The summed E-state index contributed by atoms with van der Waals surface area (Å²) in [5, 5.41) is 12.2. The Morgan fingerprint density at radius 3 is 2.23 bits per heavy atom. The van der Waals surface area contributed by atoms with Gasteiger partial charge in [0.2, 0.25) is 5.91 Å². The van der Waals surface area contributed by atoms with Crippen molar-refractivity contribution in [3.8, 4) is 6.07 Å². The molecule has 0 bridgehead atoms. The third-order valence-electron chi connectivity index (χ3n) is 6.21. The van der Waals surface area contributed by atoms with Crippen LogP contribution in [0.5, 0.6) is 0 Å². The van der Waals surface area contributed by atoms with E-state index in [2.05, 4.69) is 50.4 Å². The Balaban J connectivity index is 1.14. The minimum atomic E-state index is 0.145. The predicted molar refractivity (Wildman–Crippen MR) is 121 cm³/mol. The summed E-state index contributed by atoms with van der Waals surface area (Å²) >= 11 is 0. The second kappa shape index (κ2) is 10.5. The van der Waals surface area contributed by atoms with Crippen LogP contribution in [-0.2, 0) is 17.9 Å². The maximum absolute atomic E-state index is 12.6. The van der Waals surface area contributed by atoms with E-state index >= 15 is 0 Å². The molecule has 2 aromatic rings. The van der Waals surface area contributed by atoms with E-state index in [1.54, 1.807) is 0 Å². The van der Waals surface area contributed by atoms with Crippen LogP contribution < -0.4 is 5.32 Å². The van der Waals surface area contributed by atoms with Crippen molar-refractivity contribution in [2.45, 2.75) is 25.6 Å². The molecule has 31 heavy (non-hydrogen) atoms. The van der Waals surface area contributed by atoms with Gasteiger partial charge in [-0.25, -0.2) is 0 Å². The molecule has 6 heteroatoms. The summed E-state index contributed by atoms with van der Waals surface area (Å²) in [6.45, 7) is 8.04.